The number of nitrogen functional groups attached to an aromatic ring is 1. The van der Waals surface area contributed by atoms with Gasteiger partial charge >= 0.3 is 0 Å². The fourth-order valence-corrected chi connectivity index (χ4v) is 1.55. The van der Waals surface area contributed by atoms with Gasteiger partial charge in [0.05, 0.1) is 11.3 Å². The number of halogens is 1. The Morgan fingerprint density at radius 1 is 1.12 bits per heavy atom. The number of benzene rings is 2. The summed E-state index contributed by atoms with van der Waals surface area (Å²) in [5, 5.41) is 9.35. The molecule has 0 atom stereocenters. The number of nitrogens with two attached hydrogens (primary N) is 1. The molecule has 0 heterocycles. The molecule has 2 aromatic rings. The van der Waals surface area contributed by atoms with Crippen LogP contribution in [-0.4, -0.2) is 0 Å². The summed E-state index contributed by atoms with van der Waals surface area (Å²) in [5.41, 5.74) is 6.52. The van der Waals surface area contributed by atoms with Crippen LogP contribution in [0.25, 0.3) is 0 Å². The minimum absolute atomic E-state index is 0.395. The number of anilines is 1. The average Bonchev–Trinajstić information content (AvgIpc) is 2.29. The lowest BCUT2D eigenvalue weighted by Crippen LogP contribution is -1.91. The van der Waals surface area contributed by atoms with E-state index >= 15 is 0 Å². The van der Waals surface area contributed by atoms with Gasteiger partial charge in [0.15, 0.2) is 0 Å². The van der Waals surface area contributed by atoms with Crippen LogP contribution >= 0.6 is 11.6 Å². The van der Waals surface area contributed by atoms with E-state index in [9.17, 15) is 0 Å². The number of ether oxygens (including phenoxy) is 1. The fourth-order valence-electron chi connectivity index (χ4n) is 1.37. The molecule has 2 N–H and O–H groups in total. The molecular formula is C13H9ClN2O. The second-order valence-electron chi connectivity index (χ2n) is 3.42. The second-order valence-corrected chi connectivity index (χ2v) is 3.86. The molecule has 3 nitrogen and oxygen atoms in total. The Bertz CT molecular complexity index is 590. The van der Waals surface area contributed by atoms with Gasteiger partial charge in [0.25, 0.3) is 0 Å². The van der Waals surface area contributed by atoms with Gasteiger partial charge in [0.2, 0.25) is 0 Å². The van der Waals surface area contributed by atoms with E-state index in [0.717, 1.165) is 0 Å². The van der Waals surface area contributed by atoms with Crippen molar-refractivity contribution in [3.05, 3.63) is 53.1 Å². The SMILES string of the molecule is N#Cc1ccc(Oc2cccc(Cl)c2)cc1N. The first-order valence-corrected chi connectivity index (χ1v) is 5.30. The highest BCUT2D eigenvalue weighted by Crippen LogP contribution is 2.26. The first-order valence-electron chi connectivity index (χ1n) is 4.92. The molecule has 0 aliphatic carbocycles. The number of rotatable bonds is 2. The average molecular weight is 245 g/mol. The summed E-state index contributed by atoms with van der Waals surface area (Å²) < 4.78 is 5.57. The molecule has 0 fully saturated rings. The van der Waals surface area contributed by atoms with Gasteiger partial charge in [-0.1, -0.05) is 17.7 Å². The van der Waals surface area contributed by atoms with Gasteiger partial charge in [-0.25, -0.2) is 0 Å². The van der Waals surface area contributed by atoms with Crippen LogP contribution in [0, 0.1) is 11.3 Å². The van der Waals surface area contributed by atoms with Crippen molar-refractivity contribution in [2.24, 2.45) is 0 Å². The first kappa shape index (κ1) is 11.3. The molecule has 4 heteroatoms. The molecule has 0 saturated heterocycles. The van der Waals surface area contributed by atoms with Crippen molar-refractivity contribution in [3.8, 4) is 17.6 Å². The maximum Gasteiger partial charge on any atom is 0.129 e. The van der Waals surface area contributed by atoms with Gasteiger partial charge in [-0.05, 0) is 30.3 Å². The van der Waals surface area contributed by atoms with E-state index in [0.29, 0.717) is 27.8 Å². The molecule has 0 aliphatic rings. The number of nitriles is 1. The molecule has 84 valence electrons. The Morgan fingerprint density at radius 2 is 1.88 bits per heavy atom. The predicted octanol–water partition coefficient (Wildman–Crippen LogP) is 3.59. The normalized spacial score (nSPS) is 9.65. The molecule has 0 radical (unpaired) electrons. The van der Waals surface area contributed by atoms with E-state index in [1.54, 1.807) is 42.5 Å². The Kier molecular flexibility index (Phi) is 3.17. The van der Waals surface area contributed by atoms with Crippen LogP contribution in [0.1, 0.15) is 5.56 Å². The molecule has 0 spiro atoms. The zero-order valence-electron chi connectivity index (χ0n) is 8.85. The van der Waals surface area contributed by atoms with Crippen molar-refractivity contribution in [2.75, 3.05) is 5.73 Å². The largest absolute Gasteiger partial charge is 0.457 e. The van der Waals surface area contributed by atoms with E-state index in [2.05, 4.69) is 0 Å². The van der Waals surface area contributed by atoms with E-state index in [4.69, 9.17) is 27.3 Å². The van der Waals surface area contributed by atoms with Crippen LogP contribution in [-0.2, 0) is 0 Å². The molecule has 0 unspecified atom stereocenters. The van der Waals surface area contributed by atoms with E-state index < -0.39 is 0 Å². The smallest absolute Gasteiger partial charge is 0.129 e. The summed E-state index contributed by atoms with van der Waals surface area (Å²) >= 11 is 5.84. The molecular weight excluding hydrogens is 236 g/mol. The Morgan fingerprint density at radius 3 is 2.53 bits per heavy atom. The zero-order valence-corrected chi connectivity index (χ0v) is 9.61. The second kappa shape index (κ2) is 4.77. The third-order valence-corrected chi connectivity index (χ3v) is 2.41. The summed E-state index contributed by atoms with van der Waals surface area (Å²) in [4.78, 5) is 0. The molecule has 0 saturated carbocycles. The van der Waals surface area contributed by atoms with E-state index in [-0.39, 0.29) is 0 Å². The zero-order chi connectivity index (χ0) is 12.3. The van der Waals surface area contributed by atoms with Crippen molar-refractivity contribution in [1.29, 1.82) is 5.26 Å². The molecule has 0 bridgehead atoms. The lowest BCUT2D eigenvalue weighted by Gasteiger charge is -2.07. The van der Waals surface area contributed by atoms with Crippen LogP contribution in [0.15, 0.2) is 42.5 Å². The van der Waals surface area contributed by atoms with Crippen molar-refractivity contribution in [1.82, 2.24) is 0 Å². The molecule has 0 aromatic heterocycles. The highest BCUT2D eigenvalue weighted by atomic mass is 35.5. The predicted molar refractivity (Wildman–Crippen MR) is 67.1 cm³/mol. The first-order chi connectivity index (χ1) is 8.19. The standard InChI is InChI=1S/C13H9ClN2O/c14-10-2-1-3-11(6-10)17-12-5-4-9(8-15)13(16)7-12/h1-7H,16H2. The number of nitrogens with zero attached hydrogens (tertiary/aromatic N) is 1. The molecule has 0 amide bonds. The van der Waals surface area contributed by atoms with Gasteiger partial charge < -0.3 is 10.5 Å². The Labute approximate surface area is 104 Å². The third-order valence-electron chi connectivity index (χ3n) is 2.18. The summed E-state index contributed by atoms with van der Waals surface area (Å²) in [6, 6.07) is 14.0. The van der Waals surface area contributed by atoms with Crippen molar-refractivity contribution in [2.45, 2.75) is 0 Å². The fraction of sp³-hybridized carbons (Fsp3) is 0. The van der Waals surface area contributed by atoms with Crippen molar-refractivity contribution >= 4 is 17.3 Å². The summed E-state index contributed by atoms with van der Waals surface area (Å²) in [6.07, 6.45) is 0. The maximum atomic E-state index is 8.75. The lowest BCUT2D eigenvalue weighted by atomic mass is 10.2. The van der Waals surface area contributed by atoms with Crippen LogP contribution in [0.5, 0.6) is 11.5 Å². The Hall–Kier alpha value is -2.18. The van der Waals surface area contributed by atoms with Gasteiger partial charge in [-0.15, -0.1) is 0 Å². The quantitative estimate of drug-likeness (QED) is 0.822. The van der Waals surface area contributed by atoms with Crippen LogP contribution in [0.2, 0.25) is 5.02 Å². The van der Waals surface area contributed by atoms with Gasteiger partial charge in [0, 0.05) is 11.1 Å². The van der Waals surface area contributed by atoms with Crippen molar-refractivity contribution < 1.29 is 4.74 Å². The van der Waals surface area contributed by atoms with Crippen molar-refractivity contribution in [3.63, 3.8) is 0 Å². The monoisotopic (exact) mass is 244 g/mol. The summed E-state index contributed by atoms with van der Waals surface area (Å²) in [7, 11) is 0. The molecule has 0 aliphatic heterocycles. The maximum absolute atomic E-state index is 8.75. The third kappa shape index (κ3) is 2.68. The lowest BCUT2D eigenvalue weighted by molar-refractivity contribution is 0.483. The summed E-state index contributed by atoms with van der Waals surface area (Å²) in [5.74, 6) is 1.20. The van der Waals surface area contributed by atoms with Gasteiger partial charge in [-0.2, -0.15) is 5.26 Å². The van der Waals surface area contributed by atoms with Crippen LogP contribution in [0.3, 0.4) is 0 Å². The number of hydrogen-bond donors (Lipinski definition) is 1. The van der Waals surface area contributed by atoms with E-state index in [1.807, 2.05) is 6.07 Å². The van der Waals surface area contributed by atoms with E-state index in [1.165, 1.54) is 0 Å². The molecule has 2 rings (SSSR count). The molecule has 17 heavy (non-hydrogen) atoms. The van der Waals surface area contributed by atoms with Crippen LogP contribution in [0.4, 0.5) is 5.69 Å². The van der Waals surface area contributed by atoms with Gasteiger partial charge in [-0.3, -0.25) is 0 Å². The summed E-state index contributed by atoms with van der Waals surface area (Å²) in [6.45, 7) is 0. The van der Waals surface area contributed by atoms with Gasteiger partial charge in [0.1, 0.15) is 17.6 Å². The van der Waals surface area contributed by atoms with Crippen LogP contribution < -0.4 is 10.5 Å². The number of hydrogen-bond acceptors (Lipinski definition) is 3. The highest BCUT2D eigenvalue weighted by molar-refractivity contribution is 6.30. The highest BCUT2D eigenvalue weighted by Gasteiger charge is 2.02. The topological polar surface area (TPSA) is 59.0 Å². The minimum atomic E-state index is 0.395. The minimum Gasteiger partial charge on any atom is -0.457 e. The Balaban J connectivity index is 2.25. The molecule has 2 aromatic carbocycles.